The second-order valence-corrected chi connectivity index (χ2v) is 7.39. The molecule has 7 heteroatoms. The molecule has 0 bridgehead atoms. The number of amides is 2. The molecule has 0 saturated heterocycles. The number of carbonyl (C=O) groups is 2. The maximum absolute atomic E-state index is 12.4. The van der Waals surface area contributed by atoms with Crippen LogP contribution >= 0.6 is 12.2 Å². The Labute approximate surface area is 193 Å². The fourth-order valence-corrected chi connectivity index (χ4v) is 3.22. The van der Waals surface area contributed by atoms with Crippen LogP contribution in [0.2, 0.25) is 0 Å². The minimum absolute atomic E-state index is 0.0719. The van der Waals surface area contributed by atoms with Gasteiger partial charge in [0.2, 0.25) is 5.91 Å². The van der Waals surface area contributed by atoms with Gasteiger partial charge in [-0.25, -0.2) is 0 Å². The monoisotopic (exact) mass is 447 g/mol. The Kier molecular flexibility index (Phi) is 8.34. The molecule has 2 amide bonds. The molecule has 3 aromatic rings. The second-order valence-electron chi connectivity index (χ2n) is 6.98. The molecule has 164 valence electrons. The lowest BCUT2D eigenvalue weighted by Crippen LogP contribution is -2.34. The molecule has 32 heavy (non-hydrogen) atoms. The number of rotatable bonds is 8. The molecule has 0 aromatic heterocycles. The van der Waals surface area contributed by atoms with Crippen molar-refractivity contribution in [3.8, 4) is 5.75 Å². The summed E-state index contributed by atoms with van der Waals surface area (Å²) in [5.74, 6) is 0.306. The smallest absolute Gasteiger partial charge is 0.257 e. The van der Waals surface area contributed by atoms with E-state index < -0.39 is 0 Å². The van der Waals surface area contributed by atoms with E-state index in [0.29, 0.717) is 42.1 Å². The van der Waals surface area contributed by atoms with Crippen molar-refractivity contribution in [2.45, 2.75) is 19.8 Å². The molecule has 0 aliphatic carbocycles. The molecule has 3 rings (SSSR count). The summed E-state index contributed by atoms with van der Waals surface area (Å²) in [5.41, 5.74) is 2.89. The van der Waals surface area contributed by atoms with E-state index in [2.05, 4.69) is 16.0 Å². The normalized spacial score (nSPS) is 10.2. The van der Waals surface area contributed by atoms with E-state index in [1.54, 1.807) is 48.5 Å². The van der Waals surface area contributed by atoms with Crippen LogP contribution < -0.4 is 20.7 Å². The first kappa shape index (κ1) is 23.0. The predicted octanol–water partition coefficient (Wildman–Crippen LogP) is 4.78. The summed E-state index contributed by atoms with van der Waals surface area (Å²) in [6.45, 7) is 2.46. The molecule has 0 atom stereocenters. The summed E-state index contributed by atoms with van der Waals surface area (Å²) < 4.78 is 5.38. The molecule has 6 nitrogen and oxygen atoms in total. The Morgan fingerprint density at radius 2 is 1.56 bits per heavy atom. The van der Waals surface area contributed by atoms with E-state index in [9.17, 15) is 9.59 Å². The Hall–Kier alpha value is -3.71. The highest BCUT2D eigenvalue weighted by atomic mass is 32.1. The van der Waals surface area contributed by atoms with Gasteiger partial charge in [-0.3, -0.25) is 14.9 Å². The largest absolute Gasteiger partial charge is 0.494 e. The van der Waals surface area contributed by atoms with Crippen LogP contribution in [-0.2, 0) is 11.2 Å². The third kappa shape index (κ3) is 7.21. The highest BCUT2D eigenvalue weighted by molar-refractivity contribution is 7.80. The van der Waals surface area contributed by atoms with Crippen LogP contribution in [0, 0.1) is 0 Å². The number of ether oxygens (including phenoxy) is 1. The first-order chi connectivity index (χ1) is 15.5. The van der Waals surface area contributed by atoms with Crippen LogP contribution in [0.15, 0.2) is 78.9 Å². The van der Waals surface area contributed by atoms with Gasteiger partial charge in [0.15, 0.2) is 5.11 Å². The second kappa shape index (κ2) is 11.6. The van der Waals surface area contributed by atoms with E-state index in [4.69, 9.17) is 17.0 Å². The van der Waals surface area contributed by atoms with Crippen molar-refractivity contribution in [2.24, 2.45) is 0 Å². The van der Waals surface area contributed by atoms with E-state index in [1.165, 1.54) is 0 Å². The molecule has 0 spiro atoms. The van der Waals surface area contributed by atoms with E-state index in [-0.39, 0.29) is 16.9 Å². The Balaban J connectivity index is 1.50. The van der Waals surface area contributed by atoms with Gasteiger partial charge in [0.05, 0.1) is 6.61 Å². The van der Waals surface area contributed by atoms with Crippen LogP contribution in [-0.4, -0.2) is 23.5 Å². The summed E-state index contributed by atoms with van der Waals surface area (Å²) in [6.07, 6.45) is 1.06. The zero-order valence-electron chi connectivity index (χ0n) is 17.8. The maximum Gasteiger partial charge on any atom is 0.257 e. The van der Waals surface area contributed by atoms with Gasteiger partial charge in [-0.1, -0.05) is 36.4 Å². The highest BCUT2D eigenvalue weighted by Crippen LogP contribution is 2.16. The SMILES string of the molecule is CCOc1ccc(C(=O)NC(=S)Nc2cccc(NC(=O)CCc3ccccc3)c2)cc1. The summed E-state index contributed by atoms with van der Waals surface area (Å²) >= 11 is 5.25. The number of hydrogen-bond donors (Lipinski definition) is 3. The van der Waals surface area contributed by atoms with Crippen LogP contribution in [0.3, 0.4) is 0 Å². The van der Waals surface area contributed by atoms with Crippen molar-refractivity contribution in [2.75, 3.05) is 17.2 Å². The molecular formula is C25H25N3O3S. The molecule has 3 N–H and O–H groups in total. The van der Waals surface area contributed by atoms with Gasteiger partial charge < -0.3 is 15.4 Å². The Morgan fingerprint density at radius 3 is 2.25 bits per heavy atom. The summed E-state index contributed by atoms with van der Waals surface area (Å²) in [4.78, 5) is 24.6. The van der Waals surface area contributed by atoms with Crippen molar-refractivity contribution in [1.82, 2.24) is 5.32 Å². The number of benzene rings is 3. The number of thiocarbonyl (C=S) groups is 1. The standard InChI is InChI=1S/C25H25N3O3S/c1-2-31-22-14-12-19(13-15-22)24(30)28-25(32)27-21-10-6-9-20(17-21)26-23(29)16-11-18-7-4-3-5-8-18/h3-10,12-15,17H,2,11,16H2,1H3,(H,26,29)(H2,27,28,30,32). The van der Waals surface area contributed by atoms with Gasteiger partial charge >= 0.3 is 0 Å². The van der Waals surface area contributed by atoms with Gasteiger partial charge in [0, 0.05) is 23.4 Å². The number of nitrogens with one attached hydrogen (secondary N) is 3. The summed E-state index contributed by atoms with van der Waals surface area (Å²) in [6, 6.07) is 23.8. The first-order valence-corrected chi connectivity index (χ1v) is 10.7. The van der Waals surface area contributed by atoms with Crippen molar-refractivity contribution in [3.05, 3.63) is 90.0 Å². The van der Waals surface area contributed by atoms with Crippen molar-refractivity contribution < 1.29 is 14.3 Å². The molecule has 0 saturated carbocycles. The molecule has 0 fully saturated rings. The lowest BCUT2D eigenvalue weighted by atomic mass is 10.1. The molecule has 0 radical (unpaired) electrons. The lowest BCUT2D eigenvalue weighted by molar-refractivity contribution is -0.116. The van der Waals surface area contributed by atoms with Gasteiger partial charge in [0.1, 0.15) is 5.75 Å². The number of aryl methyl sites for hydroxylation is 1. The summed E-state index contributed by atoms with van der Waals surface area (Å²) in [5, 5.41) is 8.67. The fourth-order valence-electron chi connectivity index (χ4n) is 3.01. The average molecular weight is 448 g/mol. The number of anilines is 2. The van der Waals surface area contributed by atoms with E-state index in [0.717, 1.165) is 5.56 Å². The number of carbonyl (C=O) groups excluding carboxylic acids is 2. The Morgan fingerprint density at radius 1 is 0.875 bits per heavy atom. The van der Waals surface area contributed by atoms with Gasteiger partial charge in [-0.05, 0) is 73.6 Å². The molecular weight excluding hydrogens is 422 g/mol. The zero-order valence-corrected chi connectivity index (χ0v) is 18.6. The third-order valence-corrected chi connectivity index (χ3v) is 4.75. The van der Waals surface area contributed by atoms with Crippen molar-refractivity contribution >= 4 is 40.5 Å². The fraction of sp³-hybridized carbons (Fsp3) is 0.160. The van der Waals surface area contributed by atoms with Crippen LogP contribution in [0.4, 0.5) is 11.4 Å². The van der Waals surface area contributed by atoms with Gasteiger partial charge in [0.25, 0.3) is 5.91 Å². The van der Waals surface area contributed by atoms with Gasteiger partial charge in [-0.15, -0.1) is 0 Å². The molecule has 0 aliphatic heterocycles. The van der Waals surface area contributed by atoms with E-state index >= 15 is 0 Å². The molecule has 0 heterocycles. The topological polar surface area (TPSA) is 79.5 Å². The van der Waals surface area contributed by atoms with Crippen molar-refractivity contribution in [1.29, 1.82) is 0 Å². The van der Waals surface area contributed by atoms with Crippen LogP contribution in [0.1, 0.15) is 29.3 Å². The average Bonchev–Trinajstić information content (AvgIpc) is 2.79. The predicted molar refractivity (Wildman–Crippen MR) is 131 cm³/mol. The third-order valence-electron chi connectivity index (χ3n) is 4.54. The Bertz CT molecular complexity index is 1070. The van der Waals surface area contributed by atoms with Crippen LogP contribution in [0.5, 0.6) is 5.75 Å². The van der Waals surface area contributed by atoms with Crippen LogP contribution in [0.25, 0.3) is 0 Å². The quantitative estimate of drug-likeness (QED) is 0.433. The lowest BCUT2D eigenvalue weighted by Gasteiger charge is -2.12. The maximum atomic E-state index is 12.4. The first-order valence-electron chi connectivity index (χ1n) is 10.3. The minimum atomic E-state index is -0.323. The van der Waals surface area contributed by atoms with Gasteiger partial charge in [-0.2, -0.15) is 0 Å². The number of hydrogen-bond acceptors (Lipinski definition) is 4. The van der Waals surface area contributed by atoms with Crippen molar-refractivity contribution in [3.63, 3.8) is 0 Å². The zero-order chi connectivity index (χ0) is 22.8. The molecule has 0 unspecified atom stereocenters. The van der Waals surface area contributed by atoms with E-state index in [1.807, 2.05) is 37.3 Å². The molecule has 0 aliphatic rings. The molecule has 3 aromatic carbocycles. The summed E-state index contributed by atoms with van der Waals surface area (Å²) in [7, 11) is 0. The highest BCUT2D eigenvalue weighted by Gasteiger charge is 2.09. The minimum Gasteiger partial charge on any atom is -0.494 e.